The van der Waals surface area contributed by atoms with Crippen molar-refractivity contribution in [2.45, 2.75) is 51.7 Å². The zero-order chi connectivity index (χ0) is 17.8. The van der Waals surface area contributed by atoms with Gasteiger partial charge in [-0.25, -0.2) is 4.79 Å². The molecule has 0 radical (unpaired) electrons. The van der Waals surface area contributed by atoms with Gasteiger partial charge < -0.3 is 19.5 Å². The standard InChI is InChI=1S/C18H28N2O4/c1-17(2,3)24-16(21)20-14-7-6-13(22-5)12-15(14)23-18(4)8-10-19-11-9-18/h6-7,12,19H,8-11H2,1-5H3,(H,20,21). The van der Waals surface area contributed by atoms with Crippen molar-refractivity contribution in [3.05, 3.63) is 18.2 Å². The van der Waals surface area contributed by atoms with Gasteiger partial charge in [0, 0.05) is 6.07 Å². The normalized spacial score (nSPS) is 17.0. The van der Waals surface area contributed by atoms with Crippen molar-refractivity contribution in [3.63, 3.8) is 0 Å². The highest BCUT2D eigenvalue weighted by atomic mass is 16.6. The molecule has 0 aromatic heterocycles. The fourth-order valence-corrected chi connectivity index (χ4v) is 2.55. The number of anilines is 1. The average molecular weight is 336 g/mol. The van der Waals surface area contributed by atoms with Crippen LogP contribution in [0, 0.1) is 0 Å². The monoisotopic (exact) mass is 336 g/mol. The molecule has 0 unspecified atom stereocenters. The molecular weight excluding hydrogens is 308 g/mol. The van der Waals surface area contributed by atoms with E-state index in [2.05, 4.69) is 17.6 Å². The quantitative estimate of drug-likeness (QED) is 0.880. The number of methoxy groups -OCH3 is 1. The van der Waals surface area contributed by atoms with Gasteiger partial charge in [-0.2, -0.15) is 0 Å². The van der Waals surface area contributed by atoms with Crippen molar-refractivity contribution in [1.82, 2.24) is 5.32 Å². The first kappa shape index (κ1) is 18.4. The fraction of sp³-hybridized carbons (Fsp3) is 0.611. The Labute approximate surface area is 143 Å². The SMILES string of the molecule is COc1ccc(NC(=O)OC(C)(C)C)c(OC2(C)CCNCC2)c1. The van der Waals surface area contributed by atoms with Crippen LogP contribution in [-0.4, -0.2) is 37.5 Å². The van der Waals surface area contributed by atoms with Crippen LogP contribution in [0.2, 0.25) is 0 Å². The van der Waals surface area contributed by atoms with Gasteiger partial charge >= 0.3 is 6.09 Å². The molecule has 0 saturated carbocycles. The number of benzene rings is 1. The lowest BCUT2D eigenvalue weighted by Crippen LogP contribution is -2.44. The molecule has 134 valence electrons. The molecule has 6 heteroatoms. The molecule has 1 aromatic rings. The molecule has 1 aromatic carbocycles. The van der Waals surface area contributed by atoms with Gasteiger partial charge in [-0.05, 0) is 65.8 Å². The van der Waals surface area contributed by atoms with Crippen molar-refractivity contribution in [3.8, 4) is 11.5 Å². The van der Waals surface area contributed by atoms with Crippen molar-refractivity contribution in [2.24, 2.45) is 0 Å². The molecule has 1 heterocycles. The third kappa shape index (κ3) is 5.30. The minimum Gasteiger partial charge on any atom is -0.497 e. The van der Waals surface area contributed by atoms with Crippen LogP contribution in [0.3, 0.4) is 0 Å². The minimum atomic E-state index is -0.557. The van der Waals surface area contributed by atoms with Crippen molar-refractivity contribution in [1.29, 1.82) is 0 Å². The first-order chi connectivity index (χ1) is 11.2. The van der Waals surface area contributed by atoms with Gasteiger partial charge in [0.05, 0.1) is 12.8 Å². The van der Waals surface area contributed by atoms with E-state index >= 15 is 0 Å². The summed E-state index contributed by atoms with van der Waals surface area (Å²) in [5, 5.41) is 6.09. The summed E-state index contributed by atoms with van der Waals surface area (Å²) in [7, 11) is 1.60. The van der Waals surface area contributed by atoms with Gasteiger partial charge in [-0.15, -0.1) is 0 Å². The van der Waals surface area contributed by atoms with Crippen LogP contribution >= 0.6 is 0 Å². The number of ether oxygens (including phenoxy) is 3. The summed E-state index contributed by atoms with van der Waals surface area (Å²) < 4.78 is 16.9. The second-order valence-corrected chi connectivity index (χ2v) is 7.29. The molecule has 1 saturated heterocycles. The maximum atomic E-state index is 12.1. The van der Waals surface area contributed by atoms with Crippen LogP contribution in [-0.2, 0) is 4.74 Å². The maximum Gasteiger partial charge on any atom is 0.412 e. The van der Waals surface area contributed by atoms with E-state index in [1.165, 1.54) is 0 Å². The van der Waals surface area contributed by atoms with Gasteiger partial charge in [-0.1, -0.05) is 0 Å². The predicted octanol–water partition coefficient (Wildman–Crippen LogP) is 3.56. The summed E-state index contributed by atoms with van der Waals surface area (Å²) in [4.78, 5) is 12.1. The molecule has 1 amide bonds. The summed E-state index contributed by atoms with van der Waals surface area (Å²) in [6.07, 6.45) is 1.29. The van der Waals surface area contributed by atoms with E-state index in [1.807, 2.05) is 20.8 Å². The summed E-state index contributed by atoms with van der Waals surface area (Å²) in [5.41, 5.74) is -0.259. The topological polar surface area (TPSA) is 68.8 Å². The van der Waals surface area contributed by atoms with E-state index in [9.17, 15) is 4.79 Å². The zero-order valence-electron chi connectivity index (χ0n) is 15.2. The highest BCUT2D eigenvalue weighted by Gasteiger charge is 2.30. The molecule has 1 fully saturated rings. The highest BCUT2D eigenvalue weighted by Crippen LogP contribution is 2.35. The third-order valence-electron chi connectivity index (χ3n) is 3.84. The van der Waals surface area contributed by atoms with E-state index in [-0.39, 0.29) is 5.60 Å². The van der Waals surface area contributed by atoms with Crippen LogP contribution in [0.1, 0.15) is 40.5 Å². The number of carbonyl (C=O) groups is 1. The molecule has 2 N–H and O–H groups in total. The van der Waals surface area contributed by atoms with Gasteiger partial charge in [0.1, 0.15) is 22.7 Å². The first-order valence-corrected chi connectivity index (χ1v) is 8.29. The molecule has 0 bridgehead atoms. The Balaban J connectivity index is 2.19. The van der Waals surface area contributed by atoms with Crippen molar-refractivity contribution in [2.75, 3.05) is 25.5 Å². The van der Waals surface area contributed by atoms with E-state index in [0.717, 1.165) is 25.9 Å². The number of amides is 1. The van der Waals surface area contributed by atoms with E-state index < -0.39 is 11.7 Å². The molecule has 24 heavy (non-hydrogen) atoms. The highest BCUT2D eigenvalue weighted by molar-refractivity contribution is 5.87. The lowest BCUT2D eigenvalue weighted by Gasteiger charge is -2.35. The number of hydrogen-bond acceptors (Lipinski definition) is 5. The van der Waals surface area contributed by atoms with Gasteiger partial charge in [-0.3, -0.25) is 5.32 Å². The smallest absolute Gasteiger partial charge is 0.412 e. The molecule has 0 spiro atoms. The number of rotatable bonds is 4. The Hall–Kier alpha value is -1.95. The van der Waals surface area contributed by atoms with Gasteiger partial charge in [0.15, 0.2) is 0 Å². The lowest BCUT2D eigenvalue weighted by molar-refractivity contribution is 0.0545. The van der Waals surface area contributed by atoms with Crippen LogP contribution in [0.5, 0.6) is 11.5 Å². The Bertz CT molecular complexity index is 575. The molecule has 0 aliphatic carbocycles. The number of carbonyl (C=O) groups excluding carboxylic acids is 1. The van der Waals surface area contributed by atoms with Gasteiger partial charge in [0.2, 0.25) is 0 Å². The van der Waals surface area contributed by atoms with Crippen LogP contribution in [0.15, 0.2) is 18.2 Å². The van der Waals surface area contributed by atoms with Crippen LogP contribution < -0.4 is 20.1 Å². The van der Waals surface area contributed by atoms with Crippen molar-refractivity contribution < 1.29 is 19.0 Å². The predicted molar refractivity (Wildman–Crippen MR) is 94.0 cm³/mol. The lowest BCUT2D eigenvalue weighted by atomic mass is 9.94. The maximum absolute atomic E-state index is 12.1. The first-order valence-electron chi connectivity index (χ1n) is 8.29. The summed E-state index contributed by atoms with van der Waals surface area (Å²) in [6.45, 7) is 9.39. The molecule has 1 aliphatic rings. The molecule has 2 rings (SSSR count). The van der Waals surface area contributed by atoms with Crippen LogP contribution in [0.25, 0.3) is 0 Å². The second-order valence-electron chi connectivity index (χ2n) is 7.29. The third-order valence-corrected chi connectivity index (χ3v) is 3.84. The molecule has 1 aliphatic heterocycles. The van der Waals surface area contributed by atoms with E-state index in [4.69, 9.17) is 14.2 Å². The average Bonchev–Trinajstić information content (AvgIpc) is 2.47. The van der Waals surface area contributed by atoms with Crippen LogP contribution in [0.4, 0.5) is 10.5 Å². The second kappa shape index (κ2) is 7.30. The Morgan fingerprint density at radius 3 is 2.50 bits per heavy atom. The molecular formula is C18H28N2O4. The van der Waals surface area contributed by atoms with Gasteiger partial charge in [0.25, 0.3) is 0 Å². The Morgan fingerprint density at radius 2 is 1.92 bits per heavy atom. The van der Waals surface area contributed by atoms with E-state index in [1.54, 1.807) is 25.3 Å². The van der Waals surface area contributed by atoms with Crippen molar-refractivity contribution >= 4 is 11.8 Å². The number of piperidine rings is 1. The Morgan fingerprint density at radius 1 is 1.25 bits per heavy atom. The zero-order valence-corrected chi connectivity index (χ0v) is 15.2. The summed E-state index contributed by atoms with van der Waals surface area (Å²) >= 11 is 0. The number of nitrogens with one attached hydrogen (secondary N) is 2. The Kier molecular flexibility index (Phi) is 5.59. The minimum absolute atomic E-state index is 0.276. The largest absolute Gasteiger partial charge is 0.497 e. The molecule has 0 atom stereocenters. The fourth-order valence-electron chi connectivity index (χ4n) is 2.55. The number of hydrogen-bond donors (Lipinski definition) is 2. The molecule has 6 nitrogen and oxygen atoms in total. The summed E-state index contributed by atoms with van der Waals surface area (Å²) in [5.74, 6) is 1.27. The van der Waals surface area contributed by atoms with E-state index in [0.29, 0.717) is 17.2 Å². The summed E-state index contributed by atoms with van der Waals surface area (Å²) in [6, 6.07) is 5.34.